The summed E-state index contributed by atoms with van der Waals surface area (Å²) in [7, 11) is 0. The van der Waals surface area contributed by atoms with E-state index in [1.807, 2.05) is 12.1 Å². The second-order valence-electron chi connectivity index (χ2n) is 5.94. The standard InChI is InChI=1S/C16H23N5O/c1-12-4-5-21(9-12)16-3-2-14(7-20-16)19-6-13-10-22-11-18-8-15(13)17/h2-3,6-7,12,18H,4-5,8-11,17H2,1H3/t12-/m0/s1. The first-order valence-corrected chi connectivity index (χ1v) is 7.73. The summed E-state index contributed by atoms with van der Waals surface area (Å²) >= 11 is 0. The molecule has 0 bridgehead atoms. The molecule has 2 aliphatic heterocycles. The zero-order valence-corrected chi connectivity index (χ0v) is 13.0. The summed E-state index contributed by atoms with van der Waals surface area (Å²) in [5.74, 6) is 1.78. The summed E-state index contributed by atoms with van der Waals surface area (Å²) in [6.45, 7) is 6.09. The van der Waals surface area contributed by atoms with Crippen LogP contribution in [0.4, 0.5) is 11.5 Å². The largest absolute Gasteiger partial charge is 0.401 e. The molecule has 0 spiro atoms. The normalized spacial score (nSPS) is 23.3. The molecule has 118 valence electrons. The van der Waals surface area contributed by atoms with Crippen LogP contribution in [0, 0.1) is 5.92 Å². The Morgan fingerprint density at radius 3 is 3.14 bits per heavy atom. The zero-order valence-electron chi connectivity index (χ0n) is 13.0. The van der Waals surface area contributed by atoms with Crippen LogP contribution in [0.3, 0.4) is 0 Å². The Balaban J connectivity index is 1.66. The molecule has 0 unspecified atom stereocenters. The van der Waals surface area contributed by atoms with Crippen LogP contribution in [0.1, 0.15) is 13.3 Å². The van der Waals surface area contributed by atoms with Gasteiger partial charge in [-0.2, -0.15) is 0 Å². The van der Waals surface area contributed by atoms with Gasteiger partial charge in [-0.15, -0.1) is 0 Å². The third-order valence-electron chi connectivity index (χ3n) is 4.04. The molecule has 1 atom stereocenters. The summed E-state index contributed by atoms with van der Waals surface area (Å²) in [6.07, 6.45) is 4.82. The molecule has 1 aromatic heterocycles. The number of hydrogen-bond donors (Lipinski definition) is 2. The number of hydrogen-bond acceptors (Lipinski definition) is 6. The number of anilines is 1. The quantitative estimate of drug-likeness (QED) is 0.826. The highest BCUT2D eigenvalue weighted by atomic mass is 16.5. The van der Waals surface area contributed by atoms with Crippen molar-refractivity contribution in [3.63, 3.8) is 0 Å². The van der Waals surface area contributed by atoms with E-state index in [0.717, 1.165) is 41.8 Å². The fourth-order valence-corrected chi connectivity index (χ4v) is 2.68. The predicted molar refractivity (Wildman–Crippen MR) is 88.4 cm³/mol. The Morgan fingerprint density at radius 1 is 1.50 bits per heavy atom. The Bertz CT molecular complexity index is 566. The van der Waals surface area contributed by atoms with Gasteiger partial charge in [0.2, 0.25) is 0 Å². The van der Waals surface area contributed by atoms with E-state index >= 15 is 0 Å². The summed E-state index contributed by atoms with van der Waals surface area (Å²) < 4.78 is 5.40. The van der Waals surface area contributed by atoms with Crippen LogP contribution >= 0.6 is 0 Å². The van der Waals surface area contributed by atoms with Gasteiger partial charge in [-0.3, -0.25) is 10.3 Å². The van der Waals surface area contributed by atoms with Crippen molar-refractivity contribution in [1.29, 1.82) is 0 Å². The molecule has 6 heteroatoms. The molecule has 3 rings (SSSR count). The lowest BCUT2D eigenvalue weighted by molar-refractivity contribution is 0.148. The molecule has 0 aliphatic carbocycles. The van der Waals surface area contributed by atoms with Gasteiger partial charge in [0, 0.05) is 37.1 Å². The van der Waals surface area contributed by atoms with E-state index in [-0.39, 0.29) is 0 Å². The number of nitrogens with zero attached hydrogens (tertiary/aromatic N) is 3. The van der Waals surface area contributed by atoms with E-state index in [0.29, 0.717) is 19.9 Å². The van der Waals surface area contributed by atoms with Crippen molar-refractivity contribution in [3.8, 4) is 0 Å². The Labute approximate surface area is 131 Å². The fourth-order valence-electron chi connectivity index (χ4n) is 2.68. The zero-order chi connectivity index (χ0) is 15.4. The average Bonchev–Trinajstić information content (AvgIpc) is 2.86. The molecule has 0 radical (unpaired) electrons. The number of nitrogens with one attached hydrogen (secondary N) is 1. The number of ether oxygens (including phenoxy) is 1. The average molecular weight is 301 g/mol. The second kappa shape index (κ2) is 6.89. The minimum atomic E-state index is 0.486. The molecule has 6 nitrogen and oxygen atoms in total. The van der Waals surface area contributed by atoms with Crippen LogP contribution < -0.4 is 16.0 Å². The summed E-state index contributed by atoms with van der Waals surface area (Å²) in [5, 5.41) is 3.08. The molecule has 0 amide bonds. The highest BCUT2D eigenvalue weighted by Gasteiger charge is 2.19. The molecular formula is C16H23N5O. The second-order valence-corrected chi connectivity index (χ2v) is 5.94. The highest BCUT2D eigenvalue weighted by molar-refractivity contribution is 5.82. The lowest BCUT2D eigenvalue weighted by Gasteiger charge is -2.16. The summed E-state index contributed by atoms with van der Waals surface area (Å²) in [6, 6.07) is 4.03. The van der Waals surface area contributed by atoms with Crippen molar-refractivity contribution in [2.24, 2.45) is 16.6 Å². The Hall–Kier alpha value is -1.92. The molecule has 2 aliphatic rings. The molecule has 0 saturated carbocycles. The lowest BCUT2D eigenvalue weighted by atomic mass is 10.2. The highest BCUT2D eigenvalue weighted by Crippen LogP contribution is 2.23. The van der Waals surface area contributed by atoms with Crippen molar-refractivity contribution in [3.05, 3.63) is 29.6 Å². The SMILES string of the molecule is C[C@H]1CCN(c2ccc(N=CC3=C(N)CNCOC3)cn2)C1. The van der Waals surface area contributed by atoms with Crippen LogP contribution in [-0.4, -0.2) is 44.2 Å². The number of nitrogens with two attached hydrogens (primary N) is 1. The van der Waals surface area contributed by atoms with E-state index in [1.165, 1.54) is 6.42 Å². The molecular weight excluding hydrogens is 278 g/mol. The van der Waals surface area contributed by atoms with Crippen molar-refractivity contribution < 1.29 is 4.74 Å². The van der Waals surface area contributed by atoms with Crippen molar-refractivity contribution in [1.82, 2.24) is 10.3 Å². The first-order chi connectivity index (χ1) is 10.7. The van der Waals surface area contributed by atoms with Gasteiger partial charge in [-0.25, -0.2) is 4.98 Å². The van der Waals surface area contributed by atoms with E-state index in [9.17, 15) is 0 Å². The van der Waals surface area contributed by atoms with Gasteiger partial charge in [0.25, 0.3) is 0 Å². The lowest BCUT2D eigenvalue weighted by Crippen LogP contribution is -2.20. The third-order valence-corrected chi connectivity index (χ3v) is 4.04. The maximum Gasteiger partial charge on any atom is 0.128 e. The van der Waals surface area contributed by atoms with E-state index in [2.05, 4.69) is 27.1 Å². The van der Waals surface area contributed by atoms with Gasteiger partial charge in [0.15, 0.2) is 0 Å². The molecule has 1 saturated heterocycles. The smallest absolute Gasteiger partial charge is 0.128 e. The predicted octanol–water partition coefficient (Wildman–Crippen LogP) is 1.42. The maximum atomic E-state index is 5.99. The number of pyridine rings is 1. The van der Waals surface area contributed by atoms with E-state index in [4.69, 9.17) is 10.5 Å². The first-order valence-electron chi connectivity index (χ1n) is 7.73. The van der Waals surface area contributed by atoms with Crippen LogP contribution in [0.15, 0.2) is 34.6 Å². The van der Waals surface area contributed by atoms with Crippen LogP contribution in [0.25, 0.3) is 0 Å². The van der Waals surface area contributed by atoms with Crippen molar-refractivity contribution in [2.75, 3.05) is 37.9 Å². The van der Waals surface area contributed by atoms with Gasteiger partial charge >= 0.3 is 0 Å². The monoisotopic (exact) mass is 301 g/mol. The van der Waals surface area contributed by atoms with Crippen LogP contribution in [-0.2, 0) is 4.74 Å². The maximum absolute atomic E-state index is 5.99. The number of aromatic nitrogens is 1. The minimum absolute atomic E-state index is 0.486. The summed E-state index contributed by atoms with van der Waals surface area (Å²) in [4.78, 5) is 11.3. The molecule has 0 aromatic carbocycles. The Kier molecular flexibility index (Phi) is 4.70. The number of aliphatic imine (C=N–C) groups is 1. The Morgan fingerprint density at radius 2 is 2.41 bits per heavy atom. The minimum Gasteiger partial charge on any atom is -0.401 e. The molecule has 3 heterocycles. The number of rotatable bonds is 3. The van der Waals surface area contributed by atoms with E-state index < -0.39 is 0 Å². The topological polar surface area (TPSA) is 75.8 Å². The first kappa shape index (κ1) is 15.0. The fraction of sp³-hybridized carbons (Fsp3) is 0.500. The van der Waals surface area contributed by atoms with Crippen LogP contribution in [0.5, 0.6) is 0 Å². The van der Waals surface area contributed by atoms with Gasteiger partial charge in [-0.1, -0.05) is 6.92 Å². The molecule has 1 fully saturated rings. The third kappa shape index (κ3) is 3.64. The molecule has 1 aromatic rings. The summed E-state index contributed by atoms with van der Waals surface area (Å²) in [5.41, 5.74) is 8.51. The van der Waals surface area contributed by atoms with Gasteiger partial charge < -0.3 is 15.4 Å². The van der Waals surface area contributed by atoms with Crippen molar-refractivity contribution >= 4 is 17.7 Å². The van der Waals surface area contributed by atoms with Gasteiger partial charge in [-0.05, 0) is 24.5 Å². The van der Waals surface area contributed by atoms with Crippen LogP contribution in [0.2, 0.25) is 0 Å². The van der Waals surface area contributed by atoms with Crippen molar-refractivity contribution in [2.45, 2.75) is 13.3 Å². The molecule has 22 heavy (non-hydrogen) atoms. The van der Waals surface area contributed by atoms with E-state index in [1.54, 1.807) is 12.4 Å². The molecule has 3 N–H and O–H groups in total. The van der Waals surface area contributed by atoms with Gasteiger partial charge in [0.1, 0.15) is 5.82 Å². The van der Waals surface area contributed by atoms with Gasteiger partial charge in [0.05, 0.1) is 25.2 Å².